The number of esters is 1. The average Bonchev–Trinajstić information content (AvgIpc) is 2.96. The molecule has 2 aromatic carbocycles. The predicted octanol–water partition coefficient (Wildman–Crippen LogP) is 3.45. The Bertz CT molecular complexity index is 717. The number of hydrogen-bond donors (Lipinski definition) is 0. The summed E-state index contributed by atoms with van der Waals surface area (Å²) >= 11 is 0.405. The van der Waals surface area contributed by atoms with Crippen molar-refractivity contribution in [2.45, 2.75) is 37.7 Å². The molecule has 0 radical (unpaired) electrons. The molecule has 3 rings (SSSR count). The predicted molar refractivity (Wildman–Crippen MR) is 107 cm³/mol. The van der Waals surface area contributed by atoms with Gasteiger partial charge < -0.3 is 0 Å². The van der Waals surface area contributed by atoms with Crippen molar-refractivity contribution in [1.82, 2.24) is 4.90 Å². The van der Waals surface area contributed by atoms with E-state index in [1.807, 2.05) is 30.3 Å². The average molecular weight is 416 g/mol. The molecule has 26 heavy (non-hydrogen) atoms. The van der Waals surface area contributed by atoms with E-state index in [0.29, 0.717) is 21.0 Å². The van der Waals surface area contributed by atoms with Gasteiger partial charge in [0.1, 0.15) is 0 Å². The van der Waals surface area contributed by atoms with Crippen molar-refractivity contribution in [1.29, 1.82) is 0 Å². The van der Waals surface area contributed by atoms with Crippen molar-refractivity contribution in [3.63, 3.8) is 0 Å². The molecule has 0 amide bonds. The monoisotopic (exact) mass is 417 g/mol. The van der Waals surface area contributed by atoms with Crippen LogP contribution in [0.1, 0.15) is 31.9 Å². The van der Waals surface area contributed by atoms with E-state index in [1.165, 1.54) is 11.6 Å². The first-order valence-electron chi connectivity index (χ1n) is 9.06. The summed E-state index contributed by atoms with van der Waals surface area (Å²) in [6.07, 6.45) is 1.11. The number of carbonyl (C=O) groups excluding carboxylic acids is 1. The first-order chi connectivity index (χ1) is 12.5. The number of likely N-dealkylation sites (tertiary alicyclic amines) is 1. The summed E-state index contributed by atoms with van der Waals surface area (Å²) in [5.74, 6) is -0.161. The summed E-state index contributed by atoms with van der Waals surface area (Å²) in [6.45, 7) is 5.51. The molecule has 1 saturated heterocycles. The van der Waals surface area contributed by atoms with Crippen LogP contribution in [-0.2, 0) is 9.53 Å². The number of rotatable bonds is 6. The van der Waals surface area contributed by atoms with Crippen molar-refractivity contribution in [2.24, 2.45) is 5.41 Å². The second-order valence-electron chi connectivity index (χ2n) is 7.65. The summed E-state index contributed by atoms with van der Waals surface area (Å²) < 4.78 is 6.60. The molecule has 4 heteroatoms. The summed E-state index contributed by atoms with van der Waals surface area (Å²) in [4.78, 5) is 15.1. The number of nitrogens with zero attached hydrogens (tertiary/aromatic N) is 1. The molecule has 1 aliphatic heterocycles. The van der Waals surface area contributed by atoms with Crippen LogP contribution < -0.4 is 4.46 Å². The fraction of sp³-hybridized carbons (Fsp3) is 0.409. The zero-order valence-corrected chi connectivity index (χ0v) is 17.4. The van der Waals surface area contributed by atoms with E-state index in [-0.39, 0.29) is 17.4 Å². The molecular weight excluding hydrogens is 389 g/mol. The van der Waals surface area contributed by atoms with Crippen molar-refractivity contribution in [3.05, 3.63) is 66.2 Å². The molecule has 2 atom stereocenters. The van der Waals surface area contributed by atoms with Gasteiger partial charge in [0.15, 0.2) is 0 Å². The molecule has 0 unspecified atom stereocenters. The summed E-state index contributed by atoms with van der Waals surface area (Å²) in [6, 6.07) is 20.8. The Morgan fingerprint density at radius 3 is 2.38 bits per heavy atom. The third kappa shape index (κ3) is 4.56. The Balaban J connectivity index is 1.84. The topological polar surface area (TPSA) is 29.5 Å². The Hall–Kier alpha value is -1.61. The van der Waals surface area contributed by atoms with Crippen molar-refractivity contribution in [2.75, 3.05) is 13.7 Å². The molecule has 0 aliphatic carbocycles. The molecule has 1 aliphatic rings. The van der Waals surface area contributed by atoms with E-state index < -0.39 is 0 Å². The standard InChI is InChI=1S/C22H27NO2Se/c1-22(2)14-18(15-26-19-12-8-5-9-13-19)23(16-22)20(21(24)25-3)17-10-6-4-7-11-17/h4-13,18,20H,14-16H2,1-3H3/t18-,20-/m1/s1. The van der Waals surface area contributed by atoms with Crippen LogP contribution in [0.15, 0.2) is 60.7 Å². The van der Waals surface area contributed by atoms with Gasteiger partial charge in [-0.2, -0.15) is 0 Å². The molecule has 0 spiro atoms. The molecule has 3 nitrogen and oxygen atoms in total. The van der Waals surface area contributed by atoms with Gasteiger partial charge in [-0.05, 0) is 0 Å². The van der Waals surface area contributed by atoms with E-state index in [1.54, 1.807) is 0 Å². The molecule has 2 aromatic rings. The number of hydrogen-bond acceptors (Lipinski definition) is 3. The Labute approximate surface area is 162 Å². The summed E-state index contributed by atoms with van der Waals surface area (Å²) in [5.41, 5.74) is 1.23. The fourth-order valence-corrected chi connectivity index (χ4v) is 6.01. The quantitative estimate of drug-likeness (QED) is 0.534. The van der Waals surface area contributed by atoms with Gasteiger partial charge in [-0.1, -0.05) is 0 Å². The molecule has 1 fully saturated rings. The van der Waals surface area contributed by atoms with E-state index in [2.05, 4.69) is 49.1 Å². The molecule has 0 aromatic heterocycles. The van der Waals surface area contributed by atoms with Crippen LogP contribution >= 0.6 is 0 Å². The minimum atomic E-state index is -0.320. The van der Waals surface area contributed by atoms with Crippen LogP contribution in [0, 0.1) is 5.41 Å². The fourth-order valence-electron chi connectivity index (χ4n) is 3.82. The Kier molecular flexibility index (Phi) is 6.18. The van der Waals surface area contributed by atoms with Gasteiger partial charge in [-0.3, -0.25) is 0 Å². The van der Waals surface area contributed by atoms with E-state index in [0.717, 1.165) is 23.8 Å². The molecule has 0 bridgehead atoms. The second-order valence-corrected chi connectivity index (χ2v) is 9.95. The van der Waals surface area contributed by atoms with Gasteiger partial charge in [-0.15, -0.1) is 0 Å². The van der Waals surface area contributed by atoms with Crippen molar-refractivity contribution in [3.8, 4) is 0 Å². The van der Waals surface area contributed by atoms with Gasteiger partial charge in [0.2, 0.25) is 0 Å². The SMILES string of the molecule is COC(=O)[C@@H](c1ccccc1)N1CC(C)(C)C[C@@H]1C[Se]c1ccccc1. The number of methoxy groups -OCH3 is 1. The molecule has 0 saturated carbocycles. The van der Waals surface area contributed by atoms with Gasteiger partial charge >= 0.3 is 163 Å². The van der Waals surface area contributed by atoms with Crippen LogP contribution in [0.3, 0.4) is 0 Å². The normalized spacial score (nSPS) is 20.7. The van der Waals surface area contributed by atoms with E-state index in [9.17, 15) is 4.79 Å². The molecular formula is C22H27NO2Se. The van der Waals surface area contributed by atoms with Gasteiger partial charge in [0, 0.05) is 0 Å². The summed E-state index contributed by atoms with van der Waals surface area (Å²) in [5, 5.41) is 1.11. The Morgan fingerprint density at radius 2 is 1.77 bits per heavy atom. The first kappa shape index (κ1) is 19.2. The number of carbonyl (C=O) groups is 1. The molecule has 138 valence electrons. The number of ether oxygens (including phenoxy) is 1. The third-order valence-corrected chi connectivity index (χ3v) is 7.35. The van der Waals surface area contributed by atoms with Crippen molar-refractivity contribution >= 4 is 25.4 Å². The van der Waals surface area contributed by atoms with Crippen LogP contribution in [-0.4, -0.2) is 45.5 Å². The third-order valence-electron chi connectivity index (χ3n) is 4.92. The molecule has 1 heterocycles. The van der Waals surface area contributed by atoms with Crippen LogP contribution in [0.25, 0.3) is 0 Å². The zero-order valence-electron chi connectivity index (χ0n) is 15.7. The second kappa shape index (κ2) is 8.39. The maximum absolute atomic E-state index is 12.7. The van der Waals surface area contributed by atoms with Gasteiger partial charge in [0.05, 0.1) is 0 Å². The summed E-state index contributed by atoms with van der Waals surface area (Å²) in [7, 11) is 1.49. The zero-order chi connectivity index (χ0) is 18.6. The molecule has 0 N–H and O–H groups in total. The first-order valence-corrected chi connectivity index (χ1v) is 11.1. The number of benzene rings is 2. The van der Waals surface area contributed by atoms with E-state index in [4.69, 9.17) is 4.74 Å². The Morgan fingerprint density at radius 1 is 1.15 bits per heavy atom. The maximum atomic E-state index is 12.7. The van der Waals surface area contributed by atoms with Crippen molar-refractivity contribution < 1.29 is 9.53 Å². The van der Waals surface area contributed by atoms with Crippen LogP contribution in [0.2, 0.25) is 5.32 Å². The van der Waals surface area contributed by atoms with Gasteiger partial charge in [-0.25, -0.2) is 0 Å². The van der Waals surface area contributed by atoms with Gasteiger partial charge in [0.25, 0.3) is 0 Å². The van der Waals surface area contributed by atoms with E-state index >= 15 is 0 Å². The van der Waals surface area contributed by atoms with Crippen LogP contribution in [0.5, 0.6) is 0 Å². The van der Waals surface area contributed by atoms with Crippen LogP contribution in [0.4, 0.5) is 0 Å². The minimum absolute atomic E-state index is 0.161.